The van der Waals surface area contributed by atoms with Crippen molar-refractivity contribution < 1.29 is 18.0 Å². The van der Waals surface area contributed by atoms with Crippen LogP contribution in [0.5, 0.6) is 0 Å². The van der Waals surface area contributed by atoms with Crippen molar-refractivity contribution in [3.63, 3.8) is 0 Å². The summed E-state index contributed by atoms with van der Waals surface area (Å²) in [6.45, 7) is 2.01. The number of hydrogen-bond acceptors (Lipinski definition) is 8. The highest BCUT2D eigenvalue weighted by molar-refractivity contribution is 6.10. The van der Waals surface area contributed by atoms with Gasteiger partial charge in [0.1, 0.15) is 18.0 Å². The number of pyridine rings is 1. The Hall–Kier alpha value is -5.27. The molecular formula is C35H32F3N9O. The predicted octanol–water partition coefficient (Wildman–Crippen LogP) is 6.15. The van der Waals surface area contributed by atoms with Crippen LogP contribution in [0.4, 0.5) is 24.8 Å². The molecule has 1 aliphatic carbocycles. The molecule has 1 N–H and O–H groups in total. The van der Waals surface area contributed by atoms with Gasteiger partial charge in [-0.2, -0.15) is 23.7 Å². The molecule has 2 fully saturated rings. The summed E-state index contributed by atoms with van der Waals surface area (Å²) < 4.78 is 45.3. The molecule has 2 aliphatic heterocycles. The third kappa shape index (κ3) is 6.09. The third-order valence-electron chi connectivity index (χ3n) is 9.45. The van der Waals surface area contributed by atoms with Gasteiger partial charge in [-0.15, -0.1) is 10.2 Å². The van der Waals surface area contributed by atoms with E-state index in [1.807, 2.05) is 0 Å². The Morgan fingerprint density at radius 1 is 1.02 bits per heavy atom. The van der Waals surface area contributed by atoms with Gasteiger partial charge in [0.25, 0.3) is 5.91 Å². The Kier molecular flexibility index (Phi) is 8.09. The van der Waals surface area contributed by atoms with E-state index < -0.39 is 17.6 Å². The molecule has 0 bridgehead atoms. The highest BCUT2D eigenvalue weighted by atomic mass is 19.4. The number of anilines is 2. The molecule has 1 amide bonds. The number of carbonyl (C=O) groups excluding carboxylic acids is 1. The van der Waals surface area contributed by atoms with Crippen molar-refractivity contribution in [3.8, 4) is 34.7 Å². The van der Waals surface area contributed by atoms with Gasteiger partial charge in [0, 0.05) is 37.8 Å². The normalized spacial score (nSPS) is 17.8. The molecule has 2 aromatic heterocycles. The highest BCUT2D eigenvalue weighted by Gasteiger charge is 2.42. The van der Waals surface area contributed by atoms with Crippen LogP contribution in [0.2, 0.25) is 0 Å². The van der Waals surface area contributed by atoms with Crippen LogP contribution in [0.1, 0.15) is 58.3 Å². The minimum Gasteiger partial charge on any atom is -0.369 e. The largest absolute Gasteiger partial charge is 0.416 e. The summed E-state index contributed by atoms with van der Waals surface area (Å²) in [4.78, 5) is 22.1. The molecule has 1 saturated carbocycles. The Morgan fingerprint density at radius 2 is 1.85 bits per heavy atom. The smallest absolute Gasteiger partial charge is 0.369 e. The average molecular weight is 652 g/mol. The number of benzene rings is 2. The topological polar surface area (TPSA) is 127 Å². The van der Waals surface area contributed by atoms with Gasteiger partial charge in [0.05, 0.1) is 36.2 Å². The van der Waals surface area contributed by atoms with Gasteiger partial charge in [-0.3, -0.25) is 14.6 Å². The first-order valence-corrected chi connectivity index (χ1v) is 15.9. The van der Waals surface area contributed by atoms with E-state index in [-0.39, 0.29) is 36.5 Å². The molecule has 4 heterocycles. The van der Waals surface area contributed by atoms with Crippen molar-refractivity contribution >= 4 is 17.5 Å². The fraction of sp³-hybridized carbons (Fsp3) is 0.371. The summed E-state index contributed by atoms with van der Waals surface area (Å²) in [5.41, 5.74) is 1.78. The van der Waals surface area contributed by atoms with E-state index in [0.717, 1.165) is 25.4 Å². The Labute approximate surface area is 275 Å². The number of alkyl halides is 3. The van der Waals surface area contributed by atoms with Crippen LogP contribution in [0.15, 0.2) is 48.8 Å². The van der Waals surface area contributed by atoms with Crippen molar-refractivity contribution in [2.24, 2.45) is 18.9 Å². The zero-order valence-electron chi connectivity index (χ0n) is 26.3. The lowest BCUT2D eigenvalue weighted by Gasteiger charge is -2.19. The number of aryl methyl sites for hydroxylation is 1. The van der Waals surface area contributed by atoms with Crippen LogP contribution in [-0.2, 0) is 26.3 Å². The number of likely N-dealkylation sites (tertiary alicyclic amines) is 1. The quantitative estimate of drug-likeness (QED) is 0.214. The molecule has 10 nitrogen and oxygen atoms in total. The van der Waals surface area contributed by atoms with Gasteiger partial charge in [0.2, 0.25) is 0 Å². The lowest BCUT2D eigenvalue weighted by Crippen LogP contribution is -2.24. The zero-order valence-corrected chi connectivity index (χ0v) is 26.3. The second kappa shape index (κ2) is 12.4. The maximum Gasteiger partial charge on any atom is 0.416 e. The molecule has 0 radical (unpaired) electrons. The maximum atomic E-state index is 14.5. The van der Waals surface area contributed by atoms with Crippen LogP contribution >= 0.6 is 0 Å². The SMILES string of the molecule is Cn1cnnc1-c1ccc(C#N)cc1-c1cc(NCCC#N)nc(N2Cc3c(cc(CN4CCC(C5CC5)C4)cc3C(F)(F)F)C2=O)c1. The second-order valence-electron chi connectivity index (χ2n) is 12.8. The molecule has 3 aliphatic rings. The zero-order chi connectivity index (χ0) is 33.6. The molecule has 0 spiro atoms. The van der Waals surface area contributed by atoms with Gasteiger partial charge in [-0.1, -0.05) is 0 Å². The second-order valence-corrected chi connectivity index (χ2v) is 12.8. The van der Waals surface area contributed by atoms with Crippen LogP contribution in [0, 0.1) is 34.5 Å². The molecule has 1 unspecified atom stereocenters. The van der Waals surface area contributed by atoms with Gasteiger partial charge in [-0.25, -0.2) is 4.98 Å². The number of aromatic nitrogens is 4. The number of fused-ring (bicyclic) bond motifs is 1. The highest BCUT2D eigenvalue weighted by Crippen LogP contribution is 2.43. The van der Waals surface area contributed by atoms with E-state index in [0.29, 0.717) is 51.9 Å². The van der Waals surface area contributed by atoms with E-state index in [2.05, 4.69) is 37.5 Å². The average Bonchev–Trinajstić information content (AvgIpc) is 3.52. The number of nitrogens with one attached hydrogen (secondary N) is 1. The standard InChI is InChI=1S/C35H32F3N9O/c1-45-20-42-44-33(45)26-6-3-21(16-40)11-27(26)25-14-31(41-9-2-8-39)43-32(15-25)47-19-29-28(34(47)48)12-22(13-30(29)35(36,37)38)17-46-10-7-24(18-46)23-4-5-23/h3,6,11-15,20,23-24H,2,4-5,7,9-10,17-19H2,1H3,(H,41,43). The molecule has 4 aromatic rings. The molecule has 1 atom stereocenters. The third-order valence-corrected chi connectivity index (χ3v) is 9.45. The molecule has 1 saturated heterocycles. The summed E-state index contributed by atoms with van der Waals surface area (Å²) in [6, 6.07) is 15.5. The van der Waals surface area contributed by atoms with Gasteiger partial charge < -0.3 is 9.88 Å². The maximum absolute atomic E-state index is 14.5. The van der Waals surface area contributed by atoms with E-state index in [1.54, 1.807) is 54.3 Å². The van der Waals surface area contributed by atoms with E-state index in [9.17, 15) is 23.2 Å². The van der Waals surface area contributed by atoms with E-state index >= 15 is 0 Å². The van der Waals surface area contributed by atoms with Gasteiger partial charge in [-0.05, 0) is 102 Å². The lowest BCUT2D eigenvalue weighted by atomic mass is 9.97. The Morgan fingerprint density at radius 3 is 2.56 bits per heavy atom. The van der Waals surface area contributed by atoms with Gasteiger partial charge in [0.15, 0.2) is 5.82 Å². The molecule has 13 heteroatoms. The molecule has 244 valence electrons. The fourth-order valence-corrected chi connectivity index (χ4v) is 6.94. The number of carbonyl (C=O) groups is 1. The fourth-order valence-electron chi connectivity index (χ4n) is 6.94. The van der Waals surface area contributed by atoms with Crippen molar-refractivity contribution in [1.29, 1.82) is 10.5 Å². The van der Waals surface area contributed by atoms with Crippen molar-refractivity contribution in [2.45, 2.75) is 44.9 Å². The number of hydrogen-bond donors (Lipinski definition) is 1. The number of amides is 1. The molecule has 2 aromatic carbocycles. The first kappa shape index (κ1) is 31.3. The summed E-state index contributed by atoms with van der Waals surface area (Å²) in [7, 11) is 1.78. The predicted molar refractivity (Wildman–Crippen MR) is 171 cm³/mol. The molecule has 7 rings (SSSR count). The Bertz CT molecular complexity index is 1990. The van der Waals surface area contributed by atoms with Crippen LogP contribution in [0.3, 0.4) is 0 Å². The minimum absolute atomic E-state index is 0.0233. The first-order valence-electron chi connectivity index (χ1n) is 15.9. The van der Waals surface area contributed by atoms with Crippen molar-refractivity contribution in [2.75, 3.05) is 29.9 Å². The summed E-state index contributed by atoms with van der Waals surface area (Å²) >= 11 is 0. The van der Waals surface area contributed by atoms with E-state index in [4.69, 9.17) is 5.26 Å². The number of halogens is 3. The van der Waals surface area contributed by atoms with Crippen molar-refractivity contribution in [3.05, 3.63) is 76.6 Å². The van der Waals surface area contributed by atoms with E-state index in [1.165, 1.54) is 23.8 Å². The van der Waals surface area contributed by atoms with Crippen LogP contribution in [0.25, 0.3) is 22.5 Å². The number of nitrogens with zero attached hydrogens (tertiary/aromatic N) is 8. The number of rotatable bonds is 9. The monoisotopic (exact) mass is 651 g/mol. The summed E-state index contributed by atoms with van der Waals surface area (Å²) in [5, 5.41) is 30.1. The van der Waals surface area contributed by atoms with Crippen LogP contribution in [-0.4, -0.2) is 50.2 Å². The number of nitriles is 2. The van der Waals surface area contributed by atoms with Crippen LogP contribution < -0.4 is 10.2 Å². The summed E-state index contributed by atoms with van der Waals surface area (Å²) in [6.07, 6.45) is 0.592. The summed E-state index contributed by atoms with van der Waals surface area (Å²) in [5.74, 6) is 1.75. The van der Waals surface area contributed by atoms with Gasteiger partial charge >= 0.3 is 6.18 Å². The molecular weight excluding hydrogens is 619 g/mol. The molecule has 48 heavy (non-hydrogen) atoms. The van der Waals surface area contributed by atoms with Crippen molar-refractivity contribution in [1.82, 2.24) is 24.6 Å². The minimum atomic E-state index is -4.65. The Balaban J connectivity index is 1.28. The lowest BCUT2D eigenvalue weighted by molar-refractivity contribution is -0.138. The first-order chi connectivity index (χ1) is 23.1.